The summed E-state index contributed by atoms with van der Waals surface area (Å²) < 4.78 is 5.51. The molecular formula is C19H26N2O3. The molecule has 24 heavy (non-hydrogen) atoms. The van der Waals surface area contributed by atoms with E-state index in [9.17, 15) is 9.59 Å². The Morgan fingerprint density at radius 3 is 2.67 bits per heavy atom. The van der Waals surface area contributed by atoms with Crippen LogP contribution in [0.1, 0.15) is 32.3 Å². The molecule has 5 heteroatoms. The minimum atomic E-state index is -0.499. The van der Waals surface area contributed by atoms with Crippen molar-refractivity contribution in [3.63, 3.8) is 0 Å². The van der Waals surface area contributed by atoms with E-state index in [1.807, 2.05) is 44.2 Å². The maximum atomic E-state index is 12.9. The first kappa shape index (κ1) is 17.0. The smallest absolute Gasteiger partial charge is 0.329 e. The van der Waals surface area contributed by atoms with E-state index >= 15 is 0 Å². The van der Waals surface area contributed by atoms with E-state index in [2.05, 4.69) is 5.32 Å². The molecule has 3 rings (SSSR count). The van der Waals surface area contributed by atoms with Gasteiger partial charge in [-0.3, -0.25) is 4.79 Å². The topological polar surface area (TPSA) is 58.6 Å². The molecule has 1 aromatic rings. The van der Waals surface area contributed by atoms with Gasteiger partial charge in [-0.2, -0.15) is 0 Å². The van der Waals surface area contributed by atoms with Crippen LogP contribution in [0, 0.1) is 11.3 Å². The van der Waals surface area contributed by atoms with Gasteiger partial charge in [0, 0.05) is 13.1 Å². The van der Waals surface area contributed by atoms with E-state index in [-0.39, 0.29) is 29.8 Å². The Kier molecular flexibility index (Phi) is 4.90. The molecule has 5 nitrogen and oxygen atoms in total. The van der Waals surface area contributed by atoms with Crippen molar-refractivity contribution < 1.29 is 14.3 Å². The van der Waals surface area contributed by atoms with Gasteiger partial charge in [-0.1, -0.05) is 44.2 Å². The number of rotatable bonds is 5. The Morgan fingerprint density at radius 2 is 2.04 bits per heavy atom. The molecule has 2 saturated heterocycles. The summed E-state index contributed by atoms with van der Waals surface area (Å²) in [7, 11) is 0. The molecule has 2 atom stereocenters. The molecule has 0 aliphatic carbocycles. The molecule has 0 bridgehead atoms. The average Bonchev–Trinajstić information content (AvgIpc) is 3.17. The lowest BCUT2D eigenvalue weighted by molar-refractivity contribution is -0.158. The fourth-order valence-corrected chi connectivity index (χ4v) is 3.83. The predicted molar refractivity (Wildman–Crippen MR) is 91.1 cm³/mol. The molecule has 1 amide bonds. The number of ether oxygens (including phenoxy) is 1. The monoisotopic (exact) mass is 330 g/mol. The number of carbonyl (C=O) groups excluding carboxylic acids is 2. The third-order valence-electron chi connectivity index (χ3n) is 5.22. The zero-order chi connectivity index (χ0) is 17.2. The lowest BCUT2D eigenvalue weighted by Crippen LogP contribution is -2.49. The number of likely N-dealkylation sites (tertiary alicyclic amines) is 1. The first-order chi connectivity index (χ1) is 11.5. The molecular weight excluding hydrogens is 304 g/mol. The SMILES string of the molecule is CC(C)[C@@H](C(=O)OCc1ccccc1)N1CC[C@]2(CCNC2)C1=O. The van der Waals surface area contributed by atoms with E-state index in [1.54, 1.807) is 4.90 Å². The van der Waals surface area contributed by atoms with Gasteiger partial charge in [0.2, 0.25) is 5.91 Å². The van der Waals surface area contributed by atoms with Gasteiger partial charge < -0.3 is 15.0 Å². The van der Waals surface area contributed by atoms with E-state index in [0.717, 1.165) is 31.5 Å². The molecule has 2 fully saturated rings. The maximum Gasteiger partial charge on any atom is 0.329 e. The number of esters is 1. The minimum absolute atomic E-state index is 0.0294. The molecule has 1 spiro atoms. The summed E-state index contributed by atoms with van der Waals surface area (Å²) >= 11 is 0. The zero-order valence-electron chi connectivity index (χ0n) is 14.5. The second-order valence-electron chi connectivity index (χ2n) is 7.24. The Hall–Kier alpha value is -1.88. The minimum Gasteiger partial charge on any atom is -0.459 e. The molecule has 0 aromatic heterocycles. The number of hydrogen-bond acceptors (Lipinski definition) is 4. The highest BCUT2D eigenvalue weighted by Crippen LogP contribution is 2.39. The fourth-order valence-electron chi connectivity index (χ4n) is 3.83. The standard InChI is InChI=1S/C19H26N2O3/c1-14(2)16(17(22)24-12-15-6-4-3-5-7-15)21-11-9-19(18(21)23)8-10-20-13-19/h3-7,14,16,20H,8-13H2,1-2H3/t16-,19-/m0/s1. The third-order valence-corrected chi connectivity index (χ3v) is 5.22. The van der Waals surface area contributed by atoms with Gasteiger partial charge in [-0.05, 0) is 30.9 Å². The Bertz CT molecular complexity index is 594. The Morgan fingerprint density at radius 1 is 1.29 bits per heavy atom. The number of hydrogen-bond donors (Lipinski definition) is 1. The lowest BCUT2D eigenvalue weighted by atomic mass is 9.85. The van der Waals surface area contributed by atoms with Gasteiger partial charge in [-0.15, -0.1) is 0 Å². The first-order valence-electron chi connectivity index (χ1n) is 8.76. The van der Waals surface area contributed by atoms with Gasteiger partial charge in [-0.25, -0.2) is 4.79 Å². The van der Waals surface area contributed by atoms with Crippen LogP contribution in [0.25, 0.3) is 0 Å². The maximum absolute atomic E-state index is 12.9. The lowest BCUT2D eigenvalue weighted by Gasteiger charge is -2.31. The van der Waals surface area contributed by atoms with Crippen molar-refractivity contribution in [1.29, 1.82) is 0 Å². The second-order valence-corrected chi connectivity index (χ2v) is 7.24. The normalized spacial score (nSPS) is 24.8. The van der Waals surface area contributed by atoms with Crippen molar-refractivity contribution >= 4 is 11.9 Å². The van der Waals surface area contributed by atoms with Gasteiger partial charge in [0.05, 0.1) is 5.41 Å². The molecule has 1 N–H and O–H groups in total. The highest BCUT2D eigenvalue weighted by Gasteiger charge is 2.51. The van der Waals surface area contributed by atoms with Crippen LogP contribution in [0.4, 0.5) is 0 Å². The Labute approximate surface area is 143 Å². The highest BCUT2D eigenvalue weighted by molar-refractivity contribution is 5.90. The van der Waals surface area contributed by atoms with Crippen LogP contribution in [-0.2, 0) is 20.9 Å². The molecule has 2 aliphatic heterocycles. The van der Waals surface area contributed by atoms with Crippen molar-refractivity contribution in [3.05, 3.63) is 35.9 Å². The molecule has 2 heterocycles. The number of amides is 1. The van der Waals surface area contributed by atoms with Crippen LogP contribution < -0.4 is 5.32 Å². The van der Waals surface area contributed by atoms with Crippen LogP contribution in [0.3, 0.4) is 0 Å². The van der Waals surface area contributed by atoms with E-state index in [4.69, 9.17) is 4.74 Å². The fraction of sp³-hybridized carbons (Fsp3) is 0.579. The van der Waals surface area contributed by atoms with Crippen LogP contribution in [0.5, 0.6) is 0 Å². The quantitative estimate of drug-likeness (QED) is 0.839. The van der Waals surface area contributed by atoms with Crippen molar-refractivity contribution in [1.82, 2.24) is 10.2 Å². The predicted octanol–water partition coefficient (Wildman–Crippen LogP) is 1.97. The van der Waals surface area contributed by atoms with Crippen molar-refractivity contribution in [2.75, 3.05) is 19.6 Å². The summed E-state index contributed by atoms with van der Waals surface area (Å²) in [6.07, 6.45) is 1.69. The summed E-state index contributed by atoms with van der Waals surface area (Å²) in [6.45, 7) is 6.44. The van der Waals surface area contributed by atoms with Crippen LogP contribution in [0.15, 0.2) is 30.3 Å². The second kappa shape index (κ2) is 6.93. The van der Waals surface area contributed by atoms with Crippen LogP contribution in [0.2, 0.25) is 0 Å². The summed E-state index contributed by atoms with van der Waals surface area (Å²) in [5, 5.41) is 3.29. The van der Waals surface area contributed by atoms with Crippen molar-refractivity contribution in [2.45, 2.75) is 39.3 Å². The number of benzene rings is 1. The molecule has 0 saturated carbocycles. The highest BCUT2D eigenvalue weighted by atomic mass is 16.5. The molecule has 0 radical (unpaired) electrons. The average molecular weight is 330 g/mol. The summed E-state index contributed by atoms with van der Waals surface area (Å²) in [5.74, 6) is -0.158. The number of carbonyl (C=O) groups is 2. The zero-order valence-corrected chi connectivity index (χ0v) is 14.5. The summed E-state index contributed by atoms with van der Waals surface area (Å²) in [5.41, 5.74) is 0.657. The number of nitrogens with zero attached hydrogens (tertiary/aromatic N) is 1. The Balaban J connectivity index is 1.68. The van der Waals surface area contributed by atoms with E-state index < -0.39 is 6.04 Å². The molecule has 0 unspecified atom stereocenters. The van der Waals surface area contributed by atoms with E-state index in [1.165, 1.54) is 0 Å². The van der Waals surface area contributed by atoms with Gasteiger partial charge in [0.25, 0.3) is 0 Å². The molecule has 1 aromatic carbocycles. The van der Waals surface area contributed by atoms with Crippen molar-refractivity contribution in [2.24, 2.45) is 11.3 Å². The molecule has 2 aliphatic rings. The van der Waals surface area contributed by atoms with Crippen LogP contribution >= 0.6 is 0 Å². The van der Waals surface area contributed by atoms with Gasteiger partial charge >= 0.3 is 5.97 Å². The van der Waals surface area contributed by atoms with Gasteiger partial charge in [0.1, 0.15) is 12.6 Å². The van der Waals surface area contributed by atoms with Crippen molar-refractivity contribution in [3.8, 4) is 0 Å². The van der Waals surface area contributed by atoms with Gasteiger partial charge in [0.15, 0.2) is 0 Å². The third kappa shape index (κ3) is 3.18. The number of nitrogens with one attached hydrogen (secondary N) is 1. The van der Waals surface area contributed by atoms with E-state index in [0.29, 0.717) is 6.54 Å². The largest absolute Gasteiger partial charge is 0.459 e. The summed E-state index contributed by atoms with van der Waals surface area (Å²) in [6, 6.07) is 9.13. The van der Waals surface area contributed by atoms with Crippen LogP contribution in [-0.4, -0.2) is 42.5 Å². The molecule has 130 valence electrons. The summed E-state index contributed by atoms with van der Waals surface area (Å²) in [4.78, 5) is 27.3. The first-order valence-corrected chi connectivity index (χ1v) is 8.76.